The third-order valence-corrected chi connectivity index (χ3v) is 2.49. The Bertz CT molecular complexity index is 395. The maximum absolute atomic E-state index is 12.5. The summed E-state index contributed by atoms with van der Waals surface area (Å²) in [5.74, 6) is 0. The molecule has 0 aromatic carbocycles. The largest absolute Gasteiger partial charge is 0.431 e. The highest BCUT2D eigenvalue weighted by molar-refractivity contribution is 5.80. The van der Waals surface area contributed by atoms with Crippen molar-refractivity contribution in [1.29, 1.82) is 0 Å². The summed E-state index contributed by atoms with van der Waals surface area (Å²) in [4.78, 5) is 13.0. The van der Waals surface area contributed by atoms with Crippen LogP contribution < -0.4 is 5.32 Å². The molecule has 0 atom stereocenters. The number of halogens is 3. The van der Waals surface area contributed by atoms with Crippen molar-refractivity contribution in [3.05, 3.63) is 22.5 Å². The summed E-state index contributed by atoms with van der Waals surface area (Å²) in [7, 11) is 0. The Morgan fingerprint density at radius 3 is 2.67 bits per heavy atom. The molecule has 1 aliphatic heterocycles. The molecule has 2 N–H and O–H groups in total. The molecule has 0 radical (unpaired) electrons. The number of aldehydes is 1. The van der Waals surface area contributed by atoms with Gasteiger partial charge in [-0.2, -0.15) is 13.2 Å². The predicted octanol–water partition coefficient (Wildman–Crippen LogP) is 1.49. The Kier molecular flexibility index (Phi) is 2.30. The fourth-order valence-corrected chi connectivity index (χ4v) is 1.80. The summed E-state index contributed by atoms with van der Waals surface area (Å²) in [5.41, 5.74) is -0.220. The lowest BCUT2D eigenvalue weighted by atomic mass is 10.1. The molecule has 0 unspecified atom stereocenters. The summed E-state index contributed by atoms with van der Waals surface area (Å²) >= 11 is 0. The first-order valence-electron chi connectivity index (χ1n) is 4.51. The number of carbonyl (C=O) groups excluding carboxylic acids is 1. The van der Waals surface area contributed by atoms with Crippen molar-refractivity contribution >= 4 is 6.29 Å². The van der Waals surface area contributed by atoms with E-state index in [0.29, 0.717) is 30.8 Å². The normalized spacial score (nSPS) is 16.2. The van der Waals surface area contributed by atoms with E-state index in [-0.39, 0.29) is 11.8 Å². The van der Waals surface area contributed by atoms with Gasteiger partial charge in [0.1, 0.15) is 5.69 Å². The van der Waals surface area contributed by atoms with Crippen LogP contribution in [0.1, 0.15) is 27.3 Å². The Balaban J connectivity index is 2.56. The van der Waals surface area contributed by atoms with Crippen LogP contribution in [0.4, 0.5) is 13.2 Å². The Morgan fingerprint density at radius 1 is 1.33 bits per heavy atom. The van der Waals surface area contributed by atoms with Gasteiger partial charge in [0.25, 0.3) is 0 Å². The first kappa shape index (κ1) is 10.2. The molecule has 0 saturated carbocycles. The van der Waals surface area contributed by atoms with Crippen molar-refractivity contribution in [3.8, 4) is 0 Å². The highest BCUT2D eigenvalue weighted by atomic mass is 19.4. The van der Waals surface area contributed by atoms with E-state index in [9.17, 15) is 18.0 Å². The van der Waals surface area contributed by atoms with Gasteiger partial charge in [-0.05, 0) is 5.56 Å². The molecule has 0 saturated heterocycles. The van der Waals surface area contributed by atoms with Crippen molar-refractivity contribution < 1.29 is 18.0 Å². The molecule has 0 spiro atoms. The van der Waals surface area contributed by atoms with E-state index in [2.05, 4.69) is 10.3 Å². The summed E-state index contributed by atoms with van der Waals surface area (Å²) < 4.78 is 37.5. The predicted molar refractivity (Wildman–Crippen MR) is 46.6 cm³/mol. The maximum Gasteiger partial charge on any atom is 0.431 e. The zero-order valence-electron chi connectivity index (χ0n) is 7.74. The van der Waals surface area contributed by atoms with E-state index in [4.69, 9.17) is 0 Å². The Labute approximate surface area is 83.7 Å². The summed E-state index contributed by atoms with van der Waals surface area (Å²) in [6.07, 6.45) is -3.73. The van der Waals surface area contributed by atoms with Gasteiger partial charge in [0, 0.05) is 30.8 Å². The molecule has 2 rings (SSSR count). The van der Waals surface area contributed by atoms with Crippen LogP contribution in [-0.4, -0.2) is 17.8 Å². The zero-order chi connectivity index (χ0) is 11.1. The van der Waals surface area contributed by atoms with E-state index < -0.39 is 11.9 Å². The van der Waals surface area contributed by atoms with E-state index in [0.717, 1.165) is 0 Å². The van der Waals surface area contributed by atoms with Crippen LogP contribution in [-0.2, 0) is 19.1 Å². The van der Waals surface area contributed by atoms with Gasteiger partial charge in [0.05, 0.1) is 0 Å². The van der Waals surface area contributed by atoms with Crippen LogP contribution in [0.15, 0.2) is 0 Å². The standard InChI is InChI=1S/C9H9F3N2O/c10-9(11,12)8-6(4-15)5-3-13-2-1-7(5)14-8/h4,13-14H,1-3H2. The van der Waals surface area contributed by atoms with Gasteiger partial charge in [0.2, 0.25) is 0 Å². The van der Waals surface area contributed by atoms with E-state index in [1.54, 1.807) is 0 Å². The number of fused-ring (bicyclic) bond motifs is 1. The number of hydrogen-bond acceptors (Lipinski definition) is 2. The maximum atomic E-state index is 12.5. The number of rotatable bonds is 1. The molecular formula is C9H9F3N2O. The lowest BCUT2D eigenvalue weighted by Crippen LogP contribution is -2.23. The fourth-order valence-electron chi connectivity index (χ4n) is 1.80. The molecule has 0 aliphatic carbocycles. The molecule has 1 aliphatic rings. The topological polar surface area (TPSA) is 44.9 Å². The molecule has 82 valence electrons. The lowest BCUT2D eigenvalue weighted by molar-refractivity contribution is -0.141. The number of alkyl halides is 3. The number of nitrogens with one attached hydrogen (secondary N) is 2. The first-order valence-corrected chi connectivity index (χ1v) is 4.51. The quantitative estimate of drug-likeness (QED) is 0.701. The lowest BCUT2D eigenvalue weighted by Gasteiger charge is -2.12. The van der Waals surface area contributed by atoms with Gasteiger partial charge in [0.15, 0.2) is 6.29 Å². The third-order valence-electron chi connectivity index (χ3n) is 2.49. The molecule has 1 aromatic rings. The van der Waals surface area contributed by atoms with E-state index in [1.807, 2.05) is 0 Å². The van der Waals surface area contributed by atoms with Gasteiger partial charge < -0.3 is 10.3 Å². The average Bonchev–Trinajstić information content (AvgIpc) is 2.55. The van der Waals surface area contributed by atoms with Crippen LogP contribution in [0.25, 0.3) is 0 Å². The molecule has 0 fully saturated rings. The van der Waals surface area contributed by atoms with Gasteiger partial charge in [-0.1, -0.05) is 0 Å². The van der Waals surface area contributed by atoms with E-state index >= 15 is 0 Å². The van der Waals surface area contributed by atoms with Crippen LogP contribution in [0.2, 0.25) is 0 Å². The van der Waals surface area contributed by atoms with Crippen LogP contribution in [0.5, 0.6) is 0 Å². The average molecular weight is 218 g/mol. The molecule has 2 heterocycles. The number of hydrogen-bond donors (Lipinski definition) is 2. The zero-order valence-corrected chi connectivity index (χ0v) is 7.74. The molecule has 0 amide bonds. The van der Waals surface area contributed by atoms with Crippen molar-refractivity contribution in [2.24, 2.45) is 0 Å². The fraction of sp³-hybridized carbons (Fsp3) is 0.444. The number of aromatic amines is 1. The summed E-state index contributed by atoms with van der Waals surface area (Å²) in [6.45, 7) is 0.944. The molecular weight excluding hydrogens is 209 g/mol. The van der Waals surface area contributed by atoms with Gasteiger partial charge >= 0.3 is 6.18 Å². The monoisotopic (exact) mass is 218 g/mol. The second kappa shape index (κ2) is 3.37. The minimum absolute atomic E-state index is 0.260. The summed E-state index contributed by atoms with van der Waals surface area (Å²) in [6, 6.07) is 0. The summed E-state index contributed by atoms with van der Waals surface area (Å²) in [5, 5.41) is 2.93. The molecule has 3 nitrogen and oxygen atoms in total. The van der Waals surface area contributed by atoms with Crippen molar-refractivity contribution in [2.75, 3.05) is 6.54 Å². The second-order valence-corrected chi connectivity index (χ2v) is 3.41. The minimum atomic E-state index is -4.49. The van der Waals surface area contributed by atoms with Gasteiger partial charge in [-0.25, -0.2) is 0 Å². The van der Waals surface area contributed by atoms with Gasteiger partial charge in [-0.3, -0.25) is 4.79 Å². The number of carbonyl (C=O) groups is 1. The Morgan fingerprint density at radius 2 is 2.07 bits per heavy atom. The smallest absolute Gasteiger partial charge is 0.354 e. The van der Waals surface area contributed by atoms with Crippen molar-refractivity contribution in [3.63, 3.8) is 0 Å². The molecule has 1 aromatic heterocycles. The molecule has 0 bridgehead atoms. The molecule has 6 heteroatoms. The molecule has 15 heavy (non-hydrogen) atoms. The van der Waals surface area contributed by atoms with Crippen molar-refractivity contribution in [1.82, 2.24) is 10.3 Å². The van der Waals surface area contributed by atoms with Gasteiger partial charge in [-0.15, -0.1) is 0 Å². The highest BCUT2D eigenvalue weighted by Crippen LogP contribution is 2.34. The highest BCUT2D eigenvalue weighted by Gasteiger charge is 2.37. The van der Waals surface area contributed by atoms with Crippen LogP contribution >= 0.6 is 0 Å². The van der Waals surface area contributed by atoms with E-state index in [1.165, 1.54) is 0 Å². The number of H-pyrrole nitrogens is 1. The second-order valence-electron chi connectivity index (χ2n) is 3.41. The van der Waals surface area contributed by atoms with Crippen LogP contribution in [0.3, 0.4) is 0 Å². The Hall–Kier alpha value is -1.30. The number of aromatic nitrogens is 1. The minimum Gasteiger partial charge on any atom is -0.354 e. The van der Waals surface area contributed by atoms with Crippen molar-refractivity contribution in [2.45, 2.75) is 19.1 Å². The first-order chi connectivity index (χ1) is 7.04. The third kappa shape index (κ3) is 1.65. The van der Waals surface area contributed by atoms with Crippen LogP contribution in [0, 0.1) is 0 Å². The SMILES string of the molecule is O=Cc1c(C(F)(F)F)[nH]c2c1CNCC2.